The van der Waals surface area contributed by atoms with Crippen LogP contribution in [0.25, 0.3) is 0 Å². The molecule has 1 aliphatic carbocycles. The number of hydrazine groups is 1. The molecule has 0 aliphatic heterocycles. The number of nitrogens with two attached hydrogens (primary N) is 1. The smallest absolute Gasteiger partial charge is 0.126 e. The van der Waals surface area contributed by atoms with E-state index in [9.17, 15) is 4.39 Å². The van der Waals surface area contributed by atoms with Gasteiger partial charge in [0.15, 0.2) is 0 Å². The Bertz CT molecular complexity index is 425. The van der Waals surface area contributed by atoms with Gasteiger partial charge in [0.25, 0.3) is 0 Å². The first-order valence-electron chi connectivity index (χ1n) is 7.87. The Morgan fingerprint density at radius 2 is 2.00 bits per heavy atom. The molecule has 0 bridgehead atoms. The van der Waals surface area contributed by atoms with Crippen LogP contribution in [-0.4, -0.2) is 0 Å². The quantitative estimate of drug-likeness (QED) is 0.624. The molecule has 1 fully saturated rings. The van der Waals surface area contributed by atoms with Crippen molar-refractivity contribution >= 4 is 0 Å². The molecule has 0 saturated heterocycles. The summed E-state index contributed by atoms with van der Waals surface area (Å²) in [5.41, 5.74) is 4.59. The van der Waals surface area contributed by atoms with E-state index in [2.05, 4.69) is 12.3 Å². The third-order valence-electron chi connectivity index (χ3n) is 4.79. The van der Waals surface area contributed by atoms with Crippen LogP contribution in [0.2, 0.25) is 0 Å². The minimum atomic E-state index is -0.137. The number of benzene rings is 1. The van der Waals surface area contributed by atoms with Gasteiger partial charge in [0.1, 0.15) is 5.82 Å². The minimum Gasteiger partial charge on any atom is -0.271 e. The molecule has 0 spiro atoms. The van der Waals surface area contributed by atoms with Crippen molar-refractivity contribution in [2.45, 2.75) is 58.4 Å². The molecule has 1 saturated carbocycles. The van der Waals surface area contributed by atoms with E-state index in [4.69, 9.17) is 5.84 Å². The van der Waals surface area contributed by atoms with Crippen molar-refractivity contribution in [2.24, 2.45) is 17.7 Å². The minimum absolute atomic E-state index is 0.0766. The van der Waals surface area contributed by atoms with Gasteiger partial charge in [0.05, 0.1) is 0 Å². The standard InChI is InChI=1S/C17H27FN2/c1-3-4-13-6-9-14(10-7-13)17(20-19)15-8-5-12(2)16(18)11-15/h5,8,11,13-14,17,20H,3-4,6-7,9-10,19H2,1-2H3. The molecule has 1 aromatic rings. The normalized spacial score (nSPS) is 24.6. The molecule has 1 atom stereocenters. The zero-order chi connectivity index (χ0) is 14.5. The summed E-state index contributed by atoms with van der Waals surface area (Å²) in [5.74, 6) is 7.01. The van der Waals surface area contributed by atoms with Gasteiger partial charge in [-0.3, -0.25) is 11.3 Å². The lowest BCUT2D eigenvalue weighted by molar-refractivity contribution is 0.215. The Labute approximate surface area is 121 Å². The summed E-state index contributed by atoms with van der Waals surface area (Å²) < 4.78 is 13.7. The van der Waals surface area contributed by atoms with Crippen molar-refractivity contribution in [1.29, 1.82) is 0 Å². The molecule has 1 unspecified atom stereocenters. The maximum Gasteiger partial charge on any atom is 0.126 e. The molecule has 0 amide bonds. The molecule has 1 aromatic carbocycles. The Morgan fingerprint density at radius 1 is 1.30 bits per heavy atom. The van der Waals surface area contributed by atoms with Gasteiger partial charge in [-0.2, -0.15) is 0 Å². The summed E-state index contributed by atoms with van der Waals surface area (Å²) >= 11 is 0. The molecule has 112 valence electrons. The lowest BCUT2D eigenvalue weighted by Crippen LogP contribution is -2.35. The maximum atomic E-state index is 13.7. The van der Waals surface area contributed by atoms with Gasteiger partial charge in [-0.25, -0.2) is 4.39 Å². The lowest BCUT2D eigenvalue weighted by Gasteiger charge is -2.34. The highest BCUT2D eigenvalue weighted by atomic mass is 19.1. The monoisotopic (exact) mass is 278 g/mol. The van der Waals surface area contributed by atoms with Gasteiger partial charge < -0.3 is 0 Å². The van der Waals surface area contributed by atoms with Crippen LogP contribution in [0.4, 0.5) is 4.39 Å². The van der Waals surface area contributed by atoms with Gasteiger partial charge >= 0.3 is 0 Å². The first-order valence-corrected chi connectivity index (χ1v) is 7.87. The second-order valence-corrected chi connectivity index (χ2v) is 6.22. The topological polar surface area (TPSA) is 38.0 Å². The Hall–Kier alpha value is -0.930. The predicted molar refractivity (Wildman–Crippen MR) is 81.6 cm³/mol. The summed E-state index contributed by atoms with van der Waals surface area (Å²) in [6.07, 6.45) is 7.56. The zero-order valence-electron chi connectivity index (χ0n) is 12.7. The van der Waals surface area contributed by atoms with Crippen LogP contribution >= 0.6 is 0 Å². The van der Waals surface area contributed by atoms with Gasteiger partial charge in [-0.1, -0.05) is 44.7 Å². The average molecular weight is 278 g/mol. The van der Waals surface area contributed by atoms with E-state index < -0.39 is 0 Å². The van der Waals surface area contributed by atoms with Crippen LogP contribution in [0.3, 0.4) is 0 Å². The van der Waals surface area contributed by atoms with E-state index >= 15 is 0 Å². The van der Waals surface area contributed by atoms with E-state index in [0.717, 1.165) is 11.5 Å². The second kappa shape index (κ2) is 7.19. The third kappa shape index (κ3) is 3.58. The SMILES string of the molecule is CCCC1CCC(C(NN)c2ccc(C)c(F)c2)CC1. The fourth-order valence-corrected chi connectivity index (χ4v) is 3.53. The molecular weight excluding hydrogens is 251 g/mol. The number of nitrogens with one attached hydrogen (secondary N) is 1. The third-order valence-corrected chi connectivity index (χ3v) is 4.79. The molecule has 0 radical (unpaired) electrons. The van der Waals surface area contributed by atoms with Crippen molar-refractivity contribution in [2.75, 3.05) is 0 Å². The molecule has 2 nitrogen and oxygen atoms in total. The largest absolute Gasteiger partial charge is 0.271 e. The highest BCUT2D eigenvalue weighted by Gasteiger charge is 2.28. The summed E-state index contributed by atoms with van der Waals surface area (Å²) in [6, 6.07) is 5.56. The Kier molecular flexibility index (Phi) is 5.55. The molecule has 3 heteroatoms. The van der Waals surface area contributed by atoms with Crippen LogP contribution < -0.4 is 11.3 Å². The summed E-state index contributed by atoms with van der Waals surface area (Å²) in [7, 11) is 0. The van der Waals surface area contributed by atoms with E-state index in [1.807, 2.05) is 12.1 Å². The van der Waals surface area contributed by atoms with Crippen molar-refractivity contribution < 1.29 is 4.39 Å². The number of rotatable bonds is 5. The van der Waals surface area contributed by atoms with Crippen LogP contribution in [-0.2, 0) is 0 Å². The number of aryl methyl sites for hydroxylation is 1. The second-order valence-electron chi connectivity index (χ2n) is 6.22. The molecule has 0 aromatic heterocycles. The van der Waals surface area contributed by atoms with Crippen molar-refractivity contribution in [3.63, 3.8) is 0 Å². The highest BCUT2D eigenvalue weighted by Crippen LogP contribution is 2.38. The molecule has 1 aliphatic rings. The molecule has 0 heterocycles. The lowest BCUT2D eigenvalue weighted by atomic mass is 9.75. The zero-order valence-corrected chi connectivity index (χ0v) is 12.7. The van der Waals surface area contributed by atoms with Crippen LogP contribution in [0.15, 0.2) is 18.2 Å². The summed E-state index contributed by atoms with van der Waals surface area (Å²) in [6.45, 7) is 4.05. The number of hydrogen-bond acceptors (Lipinski definition) is 2. The Balaban J connectivity index is 2.03. The number of halogens is 1. The molecular formula is C17H27FN2. The van der Waals surface area contributed by atoms with E-state index in [-0.39, 0.29) is 11.9 Å². The van der Waals surface area contributed by atoms with Crippen LogP contribution in [0.5, 0.6) is 0 Å². The van der Waals surface area contributed by atoms with E-state index in [1.54, 1.807) is 13.0 Å². The van der Waals surface area contributed by atoms with Gasteiger partial charge in [0.2, 0.25) is 0 Å². The number of hydrogen-bond donors (Lipinski definition) is 2. The predicted octanol–water partition coefficient (Wildman–Crippen LogP) is 4.25. The fraction of sp³-hybridized carbons (Fsp3) is 0.647. The highest BCUT2D eigenvalue weighted by molar-refractivity contribution is 5.26. The first kappa shape index (κ1) is 15.5. The Morgan fingerprint density at radius 3 is 2.55 bits per heavy atom. The summed E-state index contributed by atoms with van der Waals surface area (Å²) in [5, 5.41) is 0. The first-order chi connectivity index (χ1) is 9.65. The van der Waals surface area contributed by atoms with Crippen LogP contribution in [0.1, 0.15) is 62.6 Å². The molecule has 20 heavy (non-hydrogen) atoms. The average Bonchev–Trinajstić information content (AvgIpc) is 2.46. The van der Waals surface area contributed by atoms with Crippen LogP contribution in [0, 0.1) is 24.6 Å². The summed E-state index contributed by atoms with van der Waals surface area (Å²) in [4.78, 5) is 0. The van der Waals surface area contributed by atoms with Crippen molar-refractivity contribution in [1.82, 2.24) is 5.43 Å². The maximum absolute atomic E-state index is 13.7. The fourth-order valence-electron chi connectivity index (χ4n) is 3.53. The van der Waals surface area contributed by atoms with E-state index in [0.29, 0.717) is 11.5 Å². The van der Waals surface area contributed by atoms with Gasteiger partial charge in [-0.05, 0) is 48.8 Å². The molecule has 3 N–H and O–H groups in total. The molecule has 2 rings (SSSR count). The van der Waals surface area contributed by atoms with Gasteiger partial charge in [-0.15, -0.1) is 0 Å². The van der Waals surface area contributed by atoms with E-state index in [1.165, 1.54) is 38.5 Å². The van der Waals surface area contributed by atoms with Gasteiger partial charge in [0, 0.05) is 6.04 Å². The van der Waals surface area contributed by atoms with Crippen molar-refractivity contribution in [3.8, 4) is 0 Å². The van der Waals surface area contributed by atoms with Crippen molar-refractivity contribution in [3.05, 3.63) is 35.1 Å².